The summed E-state index contributed by atoms with van der Waals surface area (Å²) in [5.41, 5.74) is 2.97. The maximum Gasteiger partial charge on any atom is 0.262 e. The van der Waals surface area contributed by atoms with Crippen LogP contribution in [0.15, 0.2) is 46.9 Å². The smallest absolute Gasteiger partial charge is 0.262 e. The molecule has 2 aromatic rings. The van der Waals surface area contributed by atoms with Crippen molar-refractivity contribution in [3.63, 3.8) is 0 Å². The average molecular weight is 334 g/mol. The third kappa shape index (κ3) is 3.84. The molecule has 0 saturated carbocycles. The highest BCUT2D eigenvalue weighted by atomic mass is 79.9. The summed E-state index contributed by atoms with van der Waals surface area (Å²) in [5, 5.41) is 2.86. The summed E-state index contributed by atoms with van der Waals surface area (Å²) >= 11 is 3.38. The summed E-state index contributed by atoms with van der Waals surface area (Å²) in [7, 11) is 0. The number of halogens is 1. The lowest BCUT2D eigenvalue weighted by molar-refractivity contribution is -0.118. The zero-order chi connectivity index (χ0) is 14.5. The van der Waals surface area contributed by atoms with E-state index in [-0.39, 0.29) is 12.5 Å². The largest absolute Gasteiger partial charge is 0.483 e. The summed E-state index contributed by atoms with van der Waals surface area (Å²) in [6, 6.07) is 13.4. The van der Waals surface area contributed by atoms with Gasteiger partial charge in [-0.3, -0.25) is 4.79 Å². The number of aryl methyl sites for hydroxylation is 2. The second kappa shape index (κ2) is 6.57. The number of nitrogens with one attached hydrogen (secondary N) is 1. The monoisotopic (exact) mass is 333 g/mol. The molecule has 0 saturated heterocycles. The van der Waals surface area contributed by atoms with E-state index in [2.05, 4.69) is 21.2 Å². The number of carbonyl (C=O) groups is 1. The highest BCUT2D eigenvalue weighted by molar-refractivity contribution is 9.10. The Balaban J connectivity index is 1.96. The van der Waals surface area contributed by atoms with Crippen molar-refractivity contribution in [2.24, 2.45) is 0 Å². The fourth-order valence-corrected chi connectivity index (χ4v) is 2.16. The molecule has 3 nitrogen and oxygen atoms in total. The number of anilines is 1. The lowest BCUT2D eigenvalue weighted by atomic mass is 10.1. The standard InChI is InChI=1S/C16H16BrNO2/c1-11-7-8-12(2)14(9-11)18-16(19)10-20-15-6-4-3-5-13(15)17/h3-9H,10H2,1-2H3,(H,18,19). The Labute approximate surface area is 127 Å². The summed E-state index contributed by atoms with van der Waals surface area (Å²) in [6.45, 7) is 3.94. The van der Waals surface area contributed by atoms with E-state index in [4.69, 9.17) is 4.74 Å². The fraction of sp³-hybridized carbons (Fsp3) is 0.188. The maximum atomic E-state index is 11.9. The van der Waals surface area contributed by atoms with Crippen LogP contribution in [0.25, 0.3) is 0 Å². The average Bonchev–Trinajstić information content (AvgIpc) is 2.42. The van der Waals surface area contributed by atoms with Crippen molar-refractivity contribution in [1.82, 2.24) is 0 Å². The minimum atomic E-state index is -0.172. The Morgan fingerprint density at radius 2 is 1.95 bits per heavy atom. The van der Waals surface area contributed by atoms with Gasteiger partial charge in [-0.1, -0.05) is 24.3 Å². The van der Waals surface area contributed by atoms with Crippen LogP contribution in [0.1, 0.15) is 11.1 Å². The third-order valence-electron chi connectivity index (χ3n) is 2.86. The fourth-order valence-electron chi connectivity index (χ4n) is 1.76. The highest BCUT2D eigenvalue weighted by Gasteiger charge is 2.07. The van der Waals surface area contributed by atoms with Gasteiger partial charge in [0.25, 0.3) is 5.91 Å². The normalized spacial score (nSPS) is 10.2. The number of rotatable bonds is 4. The molecule has 0 spiro atoms. The first-order valence-corrected chi connectivity index (χ1v) is 7.10. The SMILES string of the molecule is Cc1ccc(C)c(NC(=O)COc2ccccc2Br)c1. The number of amides is 1. The van der Waals surface area contributed by atoms with Gasteiger partial charge in [0.15, 0.2) is 6.61 Å². The van der Waals surface area contributed by atoms with E-state index in [1.807, 2.05) is 56.3 Å². The number of hydrogen-bond acceptors (Lipinski definition) is 2. The highest BCUT2D eigenvalue weighted by Crippen LogP contribution is 2.23. The molecule has 0 unspecified atom stereocenters. The van der Waals surface area contributed by atoms with Crippen molar-refractivity contribution in [1.29, 1.82) is 0 Å². The van der Waals surface area contributed by atoms with Gasteiger partial charge in [-0.15, -0.1) is 0 Å². The van der Waals surface area contributed by atoms with Gasteiger partial charge in [0.2, 0.25) is 0 Å². The molecule has 0 fully saturated rings. The minimum absolute atomic E-state index is 0.0179. The molecule has 0 atom stereocenters. The molecule has 0 aromatic heterocycles. The van der Waals surface area contributed by atoms with Crippen molar-refractivity contribution in [3.8, 4) is 5.75 Å². The lowest BCUT2D eigenvalue weighted by Crippen LogP contribution is -2.20. The number of benzene rings is 2. The van der Waals surface area contributed by atoms with Crippen LogP contribution in [-0.4, -0.2) is 12.5 Å². The summed E-state index contributed by atoms with van der Waals surface area (Å²) in [5.74, 6) is 0.484. The van der Waals surface area contributed by atoms with Crippen LogP contribution < -0.4 is 10.1 Å². The molecule has 2 rings (SSSR count). The molecule has 0 aliphatic heterocycles. The molecule has 0 bridgehead atoms. The van der Waals surface area contributed by atoms with Gasteiger partial charge in [-0.05, 0) is 59.1 Å². The van der Waals surface area contributed by atoms with E-state index in [1.165, 1.54) is 0 Å². The first-order chi connectivity index (χ1) is 9.56. The Morgan fingerprint density at radius 1 is 1.20 bits per heavy atom. The summed E-state index contributed by atoms with van der Waals surface area (Å²) < 4.78 is 6.31. The van der Waals surface area contributed by atoms with Crippen molar-refractivity contribution in [2.45, 2.75) is 13.8 Å². The van der Waals surface area contributed by atoms with E-state index in [0.29, 0.717) is 5.75 Å². The predicted octanol–water partition coefficient (Wildman–Crippen LogP) is 4.08. The van der Waals surface area contributed by atoms with Gasteiger partial charge in [0, 0.05) is 5.69 Å². The van der Waals surface area contributed by atoms with Crippen LogP contribution in [0.3, 0.4) is 0 Å². The molecule has 1 N–H and O–H groups in total. The van der Waals surface area contributed by atoms with Crippen molar-refractivity contribution in [2.75, 3.05) is 11.9 Å². The first-order valence-electron chi connectivity index (χ1n) is 6.30. The number of ether oxygens (including phenoxy) is 1. The maximum absolute atomic E-state index is 11.9. The van der Waals surface area contributed by atoms with Gasteiger partial charge in [-0.25, -0.2) is 0 Å². The molecule has 0 heterocycles. The van der Waals surface area contributed by atoms with Crippen LogP contribution in [0.4, 0.5) is 5.69 Å². The van der Waals surface area contributed by atoms with Crippen molar-refractivity contribution in [3.05, 3.63) is 58.1 Å². The number of hydrogen-bond donors (Lipinski definition) is 1. The van der Waals surface area contributed by atoms with Gasteiger partial charge in [0.05, 0.1) is 4.47 Å². The molecular weight excluding hydrogens is 318 g/mol. The van der Waals surface area contributed by atoms with Crippen LogP contribution >= 0.6 is 15.9 Å². The Bertz CT molecular complexity index is 626. The topological polar surface area (TPSA) is 38.3 Å². The molecule has 0 aliphatic rings. The minimum Gasteiger partial charge on any atom is -0.483 e. The zero-order valence-electron chi connectivity index (χ0n) is 11.4. The molecule has 1 amide bonds. The van der Waals surface area contributed by atoms with Gasteiger partial charge < -0.3 is 10.1 Å². The first kappa shape index (κ1) is 14.6. The molecular formula is C16H16BrNO2. The molecule has 2 aromatic carbocycles. The van der Waals surface area contributed by atoms with Crippen LogP contribution in [0.5, 0.6) is 5.75 Å². The Hall–Kier alpha value is -1.81. The van der Waals surface area contributed by atoms with Gasteiger partial charge >= 0.3 is 0 Å². The van der Waals surface area contributed by atoms with E-state index in [1.54, 1.807) is 0 Å². The summed E-state index contributed by atoms with van der Waals surface area (Å²) in [4.78, 5) is 11.9. The molecule has 104 valence electrons. The summed E-state index contributed by atoms with van der Waals surface area (Å²) in [6.07, 6.45) is 0. The molecule has 20 heavy (non-hydrogen) atoms. The van der Waals surface area contributed by atoms with E-state index < -0.39 is 0 Å². The van der Waals surface area contributed by atoms with Crippen LogP contribution in [-0.2, 0) is 4.79 Å². The predicted molar refractivity (Wildman–Crippen MR) is 84.2 cm³/mol. The van der Waals surface area contributed by atoms with E-state index in [0.717, 1.165) is 21.3 Å². The number of para-hydroxylation sites is 1. The van der Waals surface area contributed by atoms with E-state index >= 15 is 0 Å². The lowest BCUT2D eigenvalue weighted by Gasteiger charge is -2.11. The van der Waals surface area contributed by atoms with Gasteiger partial charge in [0.1, 0.15) is 5.75 Å². The molecule has 0 aliphatic carbocycles. The van der Waals surface area contributed by atoms with Crippen molar-refractivity contribution >= 4 is 27.5 Å². The second-order valence-electron chi connectivity index (χ2n) is 4.59. The Kier molecular flexibility index (Phi) is 4.79. The van der Waals surface area contributed by atoms with Crippen LogP contribution in [0, 0.1) is 13.8 Å². The molecule has 0 radical (unpaired) electrons. The molecule has 4 heteroatoms. The quantitative estimate of drug-likeness (QED) is 0.915. The third-order valence-corrected chi connectivity index (χ3v) is 3.52. The van der Waals surface area contributed by atoms with Crippen LogP contribution in [0.2, 0.25) is 0 Å². The van der Waals surface area contributed by atoms with E-state index in [9.17, 15) is 4.79 Å². The van der Waals surface area contributed by atoms with Gasteiger partial charge in [-0.2, -0.15) is 0 Å². The van der Waals surface area contributed by atoms with Crippen molar-refractivity contribution < 1.29 is 9.53 Å². The second-order valence-corrected chi connectivity index (χ2v) is 5.44. The zero-order valence-corrected chi connectivity index (χ0v) is 13.0. The number of carbonyl (C=O) groups excluding carboxylic acids is 1. The Morgan fingerprint density at radius 3 is 2.70 bits per heavy atom.